The quantitative estimate of drug-likeness (QED) is 0.577. The van der Waals surface area contributed by atoms with E-state index in [4.69, 9.17) is 5.73 Å². The van der Waals surface area contributed by atoms with Crippen molar-refractivity contribution in [2.75, 3.05) is 11.1 Å². The van der Waals surface area contributed by atoms with E-state index in [-0.39, 0.29) is 23.6 Å². The highest BCUT2D eigenvalue weighted by Crippen LogP contribution is 2.33. The van der Waals surface area contributed by atoms with Gasteiger partial charge >= 0.3 is 6.18 Å². The van der Waals surface area contributed by atoms with Crippen molar-refractivity contribution < 1.29 is 18.0 Å². The number of nitrogens with zero attached hydrogens (tertiary/aromatic N) is 1. The van der Waals surface area contributed by atoms with E-state index in [1.807, 2.05) is 37.3 Å². The molecule has 1 heterocycles. The van der Waals surface area contributed by atoms with Gasteiger partial charge in [-0.15, -0.1) is 0 Å². The molecule has 3 rings (SSSR count). The third-order valence-corrected chi connectivity index (χ3v) is 4.85. The number of nitrogens with one attached hydrogen (secondary N) is 1. The lowest BCUT2D eigenvalue weighted by atomic mass is 10.0. The molecule has 30 heavy (non-hydrogen) atoms. The lowest BCUT2D eigenvalue weighted by Crippen LogP contribution is -2.14. The molecule has 0 unspecified atom stereocenters. The molecule has 3 aromatic rings. The van der Waals surface area contributed by atoms with Gasteiger partial charge in [-0.25, -0.2) is 4.98 Å². The number of alkyl halides is 3. The number of amides is 1. The molecule has 0 bridgehead atoms. The summed E-state index contributed by atoms with van der Waals surface area (Å²) in [6.07, 6.45) is -2.15. The van der Waals surface area contributed by atoms with Gasteiger partial charge in [-0.05, 0) is 60.7 Å². The van der Waals surface area contributed by atoms with Crippen LogP contribution < -0.4 is 11.1 Å². The highest BCUT2D eigenvalue weighted by Gasteiger charge is 2.32. The number of anilines is 2. The van der Waals surface area contributed by atoms with Crippen molar-refractivity contribution in [3.05, 3.63) is 77.0 Å². The Balaban J connectivity index is 1.66. The average Bonchev–Trinajstić information content (AvgIpc) is 2.69. The molecule has 156 valence electrons. The van der Waals surface area contributed by atoms with Gasteiger partial charge in [0.1, 0.15) is 5.82 Å². The fourth-order valence-electron chi connectivity index (χ4n) is 3.14. The van der Waals surface area contributed by atoms with Crippen LogP contribution in [-0.2, 0) is 17.4 Å². The van der Waals surface area contributed by atoms with Gasteiger partial charge < -0.3 is 11.1 Å². The summed E-state index contributed by atoms with van der Waals surface area (Å²) in [7, 11) is 0. The SMILES string of the molecule is Cc1ccc(NC(=O)CCc2cccc(-c3cnc(N)c(C)c3)c2)cc1C(F)(F)F. The molecular weight excluding hydrogens is 391 g/mol. The van der Waals surface area contributed by atoms with Crippen molar-refractivity contribution in [3.63, 3.8) is 0 Å². The molecule has 7 heteroatoms. The zero-order valence-corrected chi connectivity index (χ0v) is 16.7. The van der Waals surface area contributed by atoms with E-state index >= 15 is 0 Å². The maximum atomic E-state index is 13.0. The Morgan fingerprint density at radius 3 is 2.50 bits per heavy atom. The van der Waals surface area contributed by atoms with Gasteiger partial charge in [0.05, 0.1) is 5.56 Å². The van der Waals surface area contributed by atoms with E-state index in [1.165, 1.54) is 19.1 Å². The molecule has 2 aromatic carbocycles. The maximum Gasteiger partial charge on any atom is 0.416 e. The van der Waals surface area contributed by atoms with Gasteiger partial charge in [0.25, 0.3) is 0 Å². The predicted molar refractivity (Wildman–Crippen MR) is 112 cm³/mol. The monoisotopic (exact) mass is 413 g/mol. The second kappa shape index (κ2) is 8.57. The molecule has 1 amide bonds. The highest BCUT2D eigenvalue weighted by molar-refractivity contribution is 5.91. The van der Waals surface area contributed by atoms with Gasteiger partial charge in [-0.1, -0.05) is 30.3 Å². The third-order valence-electron chi connectivity index (χ3n) is 4.85. The fraction of sp³-hybridized carbons (Fsp3) is 0.217. The smallest absolute Gasteiger partial charge is 0.383 e. The molecule has 0 atom stereocenters. The number of halogens is 3. The Morgan fingerprint density at radius 1 is 1.03 bits per heavy atom. The molecule has 0 spiro atoms. The summed E-state index contributed by atoms with van der Waals surface area (Å²) in [5.41, 5.74) is 8.97. The second-order valence-corrected chi connectivity index (χ2v) is 7.20. The normalized spacial score (nSPS) is 11.4. The van der Waals surface area contributed by atoms with E-state index in [0.717, 1.165) is 28.3 Å². The van der Waals surface area contributed by atoms with Crippen molar-refractivity contribution in [2.45, 2.75) is 32.9 Å². The van der Waals surface area contributed by atoms with E-state index in [9.17, 15) is 18.0 Å². The Bertz CT molecular complexity index is 1080. The minimum atomic E-state index is -4.46. The van der Waals surface area contributed by atoms with Crippen LogP contribution in [-0.4, -0.2) is 10.9 Å². The van der Waals surface area contributed by atoms with Gasteiger partial charge in [0.15, 0.2) is 0 Å². The van der Waals surface area contributed by atoms with Crippen LogP contribution in [0.1, 0.15) is 28.7 Å². The lowest BCUT2D eigenvalue weighted by Gasteiger charge is -2.13. The number of carbonyl (C=O) groups is 1. The van der Waals surface area contributed by atoms with Gasteiger partial charge in [-0.3, -0.25) is 4.79 Å². The van der Waals surface area contributed by atoms with Crippen LogP contribution in [0.5, 0.6) is 0 Å². The van der Waals surface area contributed by atoms with Crippen LogP contribution in [0.4, 0.5) is 24.7 Å². The number of aromatic nitrogens is 1. The topological polar surface area (TPSA) is 68.0 Å². The molecular formula is C23H22F3N3O. The molecule has 0 saturated carbocycles. The summed E-state index contributed by atoms with van der Waals surface area (Å²) in [5, 5.41) is 2.55. The minimum Gasteiger partial charge on any atom is -0.383 e. The van der Waals surface area contributed by atoms with Crippen LogP contribution in [0, 0.1) is 13.8 Å². The van der Waals surface area contributed by atoms with E-state index < -0.39 is 11.7 Å². The number of benzene rings is 2. The number of pyridine rings is 1. The predicted octanol–water partition coefficient (Wildman–Crippen LogP) is 5.54. The largest absolute Gasteiger partial charge is 0.416 e. The number of nitrogens with two attached hydrogens (primary N) is 1. The fourth-order valence-corrected chi connectivity index (χ4v) is 3.14. The third kappa shape index (κ3) is 5.17. The number of nitrogen functional groups attached to an aromatic ring is 1. The summed E-state index contributed by atoms with van der Waals surface area (Å²) in [6, 6.07) is 13.4. The molecule has 0 radical (unpaired) electrons. The number of hydrogen-bond acceptors (Lipinski definition) is 3. The van der Waals surface area contributed by atoms with Crippen molar-refractivity contribution in [2.24, 2.45) is 0 Å². The number of carbonyl (C=O) groups excluding carboxylic acids is 1. The first-order chi connectivity index (χ1) is 14.1. The summed E-state index contributed by atoms with van der Waals surface area (Å²) < 4.78 is 39.1. The number of rotatable bonds is 5. The molecule has 0 saturated heterocycles. The summed E-state index contributed by atoms with van der Waals surface area (Å²) >= 11 is 0. The average molecular weight is 413 g/mol. The minimum absolute atomic E-state index is 0.115. The summed E-state index contributed by atoms with van der Waals surface area (Å²) in [6.45, 7) is 3.27. The molecule has 1 aromatic heterocycles. The maximum absolute atomic E-state index is 13.0. The van der Waals surface area contributed by atoms with Crippen LogP contribution in [0.2, 0.25) is 0 Å². The number of aryl methyl sites for hydroxylation is 3. The zero-order valence-electron chi connectivity index (χ0n) is 16.7. The first kappa shape index (κ1) is 21.4. The van der Waals surface area contributed by atoms with Crippen LogP contribution in [0.25, 0.3) is 11.1 Å². The Morgan fingerprint density at radius 2 is 1.80 bits per heavy atom. The van der Waals surface area contributed by atoms with E-state index in [1.54, 1.807) is 6.20 Å². The standard InChI is InChI=1S/C23H22F3N3O/c1-14-6-8-19(12-20(14)23(24,25)26)29-21(30)9-7-16-4-3-5-17(11-16)18-10-15(2)22(27)28-13-18/h3-6,8,10-13H,7,9H2,1-2H3,(H2,27,28)(H,29,30). The molecule has 4 nitrogen and oxygen atoms in total. The molecule has 0 aliphatic heterocycles. The van der Waals surface area contributed by atoms with Gasteiger partial charge in [-0.2, -0.15) is 13.2 Å². The molecule has 0 fully saturated rings. The van der Waals surface area contributed by atoms with Crippen molar-refractivity contribution in [1.82, 2.24) is 4.98 Å². The summed E-state index contributed by atoms with van der Waals surface area (Å²) in [4.78, 5) is 16.4. The van der Waals surface area contributed by atoms with Gasteiger partial charge in [0, 0.05) is 23.9 Å². The van der Waals surface area contributed by atoms with E-state index in [2.05, 4.69) is 10.3 Å². The number of hydrogen-bond donors (Lipinski definition) is 2. The van der Waals surface area contributed by atoms with Crippen molar-refractivity contribution in [1.29, 1.82) is 0 Å². The van der Waals surface area contributed by atoms with Crippen molar-refractivity contribution >= 4 is 17.4 Å². The van der Waals surface area contributed by atoms with Crippen LogP contribution in [0.15, 0.2) is 54.7 Å². The van der Waals surface area contributed by atoms with Gasteiger partial charge in [0.2, 0.25) is 5.91 Å². The Labute approximate surface area is 173 Å². The Kier molecular flexibility index (Phi) is 6.10. The van der Waals surface area contributed by atoms with Crippen molar-refractivity contribution in [3.8, 4) is 11.1 Å². The lowest BCUT2D eigenvalue weighted by molar-refractivity contribution is -0.138. The van der Waals surface area contributed by atoms with Crippen LogP contribution in [0.3, 0.4) is 0 Å². The van der Waals surface area contributed by atoms with Crippen LogP contribution >= 0.6 is 0 Å². The molecule has 3 N–H and O–H groups in total. The summed E-state index contributed by atoms with van der Waals surface area (Å²) in [5.74, 6) is 0.138. The first-order valence-corrected chi connectivity index (χ1v) is 9.42. The zero-order chi connectivity index (χ0) is 21.9. The second-order valence-electron chi connectivity index (χ2n) is 7.20. The molecule has 0 aliphatic carbocycles. The molecule has 0 aliphatic rings. The Hall–Kier alpha value is -3.35. The van der Waals surface area contributed by atoms with E-state index in [0.29, 0.717) is 12.2 Å². The highest BCUT2D eigenvalue weighted by atomic mass is 19.4. The first-order valence-electron chi connectivity index (χ1n) is 9.42.